The van der Waals surface area contributed by atoms with E-state index in [-0.39, 0.29) is 5.92 Å². The van der Waals surface area contributed by atoms with Crippen molar-refractivity contribution in [2.75, 3.05) is 13.2 Å². The average molecular weight is 397 g/mol. The quantitative estimate of drug-likeness (QED) is 0.298. The van der Waals surface area contributed by atoms with Crippen LogP contribution in [0.4, 0.5) is 8.78 Å². The van der Waals surface area contributed by atoms with Crippen molar-refractivity contribution < 1.29 is 23.0 Å². The smallest absolute Gasteiger partial charge is 0.309 e. The molecular weight excluding hydrogens is 362 g/mol. The zero-order valence-corrected chi connectivity index (χ0v) is 17.0. The summed E-state index contributed by atoms with van der Waals surface area (Å²) >= 11 is 0. The van der Waals surface area contributed by atoms with Crippen LogP contribution in [0, 0.1) is 5.92 Å². The van der Waals surface area contributed by atoms with Crippen LogP contribution in [-0.2, 0) is 9.53 Å². The minimum Gasteiger partial charge on any atom is -0.494 e. The summed E-state index contributed by atoms with van der Waals surface area (Å²) in [6, 6.07) is 8.26. The molecule has 28 heavy (non-hydrogen) atoms. The number of hydrogen-bond donors (Lipinski definition) is 0. The van der Waals surface area contributed by atoms with Crippen LogP contribution in [0.3, 0.4) is 0 Å². The van der Waals surface area contributed by atoms with E-state index in [2.05, 4.69) is 23.8 Å². The first kappa shape index (κ1) is 22.6. The number of rotatable bonds is 12. The lowest BCUT2D eigenvalue weighted by Gasteiger charge is -2.27. The molecule has 0 radical (unpaired) electrons. The predicted molar refractivity (Wildman–Crippen MR) is 107 cm³/mol. The van der Waals surface area contributed by atoms with Gasteiger partial charge in [0, 0.05) is 0 Å². The van der Waals surface area contributed by atoms with E-state index in [4.69, 9.17) is 4.74 Å². The molecule has 0 aromatic heterocycles. The molecule has 0 unspecified atom stereocenters. The summed E-state index contributed by atoms with van der Waals surface area (Å²) < 4.78 is 34.8. The summed E-state index contributed by atoms with van der Waals surface area (Å²) in [5, 5.41) is 0. The standard InChI is InChI=1S/C23H34F2O3/c1-2-3-4-5-6-7-16-27-21-14-12-19(13-15-21)18-8-10-20(11-9-18)23(26)28-17-22(24)25/h12-15,18,20,22H,2-11,16-17H2,1H3/t18-,20-. The zero-order chi connectivity index (χ0) is 20.2. The van der Waals surface area contributed by atoms with Crippen LogP contribution in [-0.4, -0.2) is 25.6 Å². The molecule has 0 saturated heterocycles. The number of carbonyl (C=O) groups excluding carboxylic acids is 1. The molecule has 1 aliphatic rings. The van der Waals surface area contributed by atoms with Crippen molar-refractivity contribution in [2.45, 2.75) is 83.5 Å². The monoisotopic (exact) mass is 396 g/mol. The van der Waals surface area contributed by atoms with Crippen LogP contribution in [0.25, 0.3) is 0 Å². The van der Waals surface area contributed by atoms with E-state index in [0.717, 1.165) is 31.6 Å². The molecule has 0 bridgehead atoms. The van der Waals surface area contributed by atoms with Crippen molar-refractivity contribution in [3.63, 3.8) is 0 Å². The topological polar surface area (TPSA) is 35.5 Å². The second-order valence-electron chi connectivity index (χ2n) is 7.75. The molecule has 1 aromatic rings. The van der Waals surface area contributed by atoms with E-state index in [9.17, 15) is 13.6 Å². The van der Waals surface area contributed by atoms with Gasteiger partial charge in [-0.25, -0.2) is 8.78 Å². The van der Waals surface area contributed by atoms with Gasteiger partial charge in [0.15, 0.2) is 6.61 Å². The minimum absolute atomic E-state index is 0.241. The Labute approximate surface area is 167 Å². The summed E-state index contributed by atoms with van der Waals surface area (Å²) in [5.41, 5.74) is 1.26. The van der Waals surface area contributed by atoms with Crippen molar-refractivity contribution in [3.05, 3.63) is 29.8 Å². The second kappa shape index (κ2) is 12.7. The molecule has 0 N–H and O–H groups in total. The predicted octanol–water partition coefficient (Wildman–Crippen LogP) is 6.51. The largest absolute Gasteiger partial charge is 0.494 e. The number of benzene rings is 1. The number of esters is 1. The molecule has 0 heterocycles. The molecule has 2 rings (SSSR count). The van der Waals surface area contributed by atoms with Gasteiger partial charge in [-0.3, -0.25) is 4.79 Å². The lowest BCUT2D eigenvalue weighted by Crippen LogP contribution is -2.24. The van der Waals surface area contributed by atoms with Crippen molar-refractivity contribution >= 4 is 5.97 Å². The fourth-order valence-corrected chi connectivity index (χ4v) is 3.83. The normalized spacial score (nSPS) is 19.6. The highest BCUT2D eigenvalue weighted by molar-refractivity contribution is 5.72. The summed E-state index contributed by atoms with van der Waals surface area (Å²) in [6.45, 7) is 2.19. The lowest BCUT2D eigenvalue weighted by molar-refractivity contribution is -0.153. The number of alkyl halides is 2. The zero-order valence-electron chi connectivity index (χ0n) is 17.0. The number of unbranched alkanes of at least 4 members (excludes halogenated alkanes) is 5. The summed E-state index contributed by atoms with van der Waals surface area (Å²) in [6.07, 6.45) is 8.07. The number of hydrogen-bond acceptors (Lipinski definition) is 3. The summed E-state index contributed by atoms with van der Waals surface area (Å²) in [4.78, 5) is 11.8. The van der Waals surface area contributed by atoms with Crippen molar-refractivity contribution in [3.8, 4) is 5.75 Å². The third-order valence-electron chi connectivity index (χ3n) is 5.53. The number of ether oxygens (including phenoxy) is 2. The molecular formula is C23H34F2O3. The van der Waals surface area contributed by atoms with E-state index in [1.807, 2.05) is 12.1 Å². The lowest BCUT2D eigenvalue weighted by atomic mass is 9.79. The van der Waals surface area contributed by atoms with Crippen LogP contribution in [0.2, 0.25) is 0 Å². The highest BCUT2D eigenvalue weighted by Gasteiger charge is 2.28. The van der Waals surface area contributed by atoms with Crippen LogP contribution in [0.1, 0.15) is 82.6 Å². The summed E-state index contributed by atoms with van der Waals surface area (Å²) in [5.74, 6) is 0.598. The maximum atomic E-state index is 12.2. The van der Waals surface area contributed by atoms with Gasteiger partial charge in [-0.2, -0.15) is 0 Å². The number of carbonyl (C=O) groups is 1. The highest BCUT2D eigenvalue weighted by Crippen LogP contribution is 2.36. The highest BCUT2D eigenvalue weighted by atomic mass is 19.3. The van der Waals surface area contributed by atoms with Crippen molar-refractivity contribution in [2.24, 2.45) is 5.92 Å². The third-order valence-corrected chi connectivity index (χ3v) is 5.53. The van der Waals surface area contributed by atoms with Gasteiger partial charge in [0.25, 0.3) is 6.43 Å². The molecule has 1 aromatic carbocycles. The van der Waals surface area contributed by atoms with Crippen LogP contribution >= 0.6 is 0 Å². The van der Waals surface area contributed by atoms with E-state index in [1.54, 1.807) is 0 Å². The average Bonchev–Trinajstić information content (AvgIpc) is 2.72. The molecule has 0 aliphatic heterocycles. The molecule has 3 nitrogen and oxygen atoms in total. The Bertz CT molecular complexity index is 551. The van der Waals surface area contributed by atoms with E-state index in [0.29, 0.717) is 18.8 Å². The van der Waals surface area contributed by atoms with E-state index in [1.165, 1.54) is 37.7 Å². The first-order valence-corrected chi connectivity index (χ1v) is 10.8. The minimum atomic E-state index is -2.60. The number of halogens is 2. The van der Waals surface area contributed by atoms with Crippen LogP contribution in [0.5, 0.6) is 5.75 Å². The Morgan fingerprint density at radius 1 is 1.00 bits per heavy atom. The molecule has 1 fully saturated rings. The van der Waals surface area contributed by atoms with Gasteiger partial charge in [0.1, 0.15) is 5.75 Å². The SMILES string of the molecule is CCCCCCCCOc1ccc([C@H]2CC[C@H](C(=O)OCC(F)F)CC2)cc1. The Balaban J connectivity index is 1.66. The summed E-state index contributed by atoms with van der Waals surface area (Å²) in [7, 11) is 0. The van der Waals surface area contributed by atoms with Gasteiger partial charge in [0.2, 0.25) is 0 Å². The van der Waals surface area contributed by atoms with Crippen LogP contribution < -0.4 is 4.74 Å². The fraction of sp³-hybridized carbons (Fsp3) is 0.696. The molecule has 1 aliphatic carbocycles. The molecule has 0 amide bonds. The van der Waals surface area contributed by atoms with Gasteiger partial charge in [-0.15, -0.1) is 0 Å². The Morgan fingerprint density at radius 3 is 2.29 bits per heavy atom. The molecule has 0 atom stereocenters. The molecule has 0 spiro atoms. The Morgan fingerprint density at radius 2 is 1.64 bits per heavy atom. The maximum Gasteiger partial charge on any atom is 0.309 e. The molecule has 5 heteroatoms. The van der Waals surface area contributed by atoms with Crippen molar-refractivity contribution in [1.82, 2.24) is 0 Å². The van der Waals surface area contributed by atoms with Crippen LogP contribution in [0.15, 0.2) is 24.3 Å². The Kier molecular flexibility index (Phi) is 10.3. The third kappa shape index (κ3) is 8.15. The van der Waals surface area contributed by atoms with Gasteiger partial charge >= 0.3 is 5.97 Å². The first-order valence-electron chi connectivity index (χ1n) is 10.8. The van der Waals surface area contributed by atoms with Crippen molar-refractivity contribution in [1.29, 1.82) is 0 Å². The van der Waals surface area contributed by atoms with Gasteiger partial charge in [0.05, 0.1) is 12.5 Å². The van der Waals surface area contributed by atoms with E-state index < -0.39 is 19.0 Å². The first-order chi connectivity index (χ1) is 13.6. The van der Waals surface area contributed by atoms with Gasteiger partial charge in [-0.05, 0) is 55.7 Å². The molecule has 158 valence electrons. The Hall–Kier alpha value is -1.65. The fourth-order valence-electron chi connectivity index (χ4n) is 3.83. The second-order valence-corrected chi connectivity index (χ2v) is 7.75. The van der Waals surface area contributed by atoms with Gasteiger partial charge < -0.3 is 9.47 Å². The van der Waals surface area contributed by atoms with Gasteiger partial charge in [-0.1, -0.05) is 51.2 Å². The van der Waals surface area contributed by atoms with E-state index >= 15 is 0 Å². The molecule has 1 saturated carbocycles. The maximum absolute atomic E-state index is 12.2.